The Morgan fingerprint density at radius 1 is 0.959 bits per heavy atom. The number of aryl methyl sites for hydroxylation is 1. The van der Waals surface area contributed by atoms with Gasteiger partial charge in [-0.05, 0) is 137 Å². The number of benzene rings is 4. The van der Waals surface area contributed by atoms with Crippen LogP contribution in [0.5, 0.6) is 11.5 Å². The zero-order valence-electron chi connectivity index (χ0n) is 42.7. The number of aliphatic hydroxyl groups excluding tert-OH is 1. The van der Waals surface area contributed by atoms with Gasteiger partial charge in [-0.2, -0.15) is 5.10 Å². The van der Waals surface area contributed by atoms with Gasteiger partial charge < -0.3 is 35.4 Å². The van der Waals surface area contributed by atoms with E-state index in [1.54, 1.807) is 4.90 Å². The van der Waals surface area contributed by atoms with Crippen LogP contribution in [0.3, 0.4) is 0 Å². The fourth-order valence-corrected chi connectivity index (χ4v) is 13.2. The number of aromatic nitrogens is 2. The normalized spacial score (nSPS) is 24.3. The van der Waals surface area contributed by atoms with Crippen LogP contribution in [0.2, 0.25) is 5.02 Å². The molecule has 4 fully saturated rings. The van der Waals surface area contributed by atoms with Gasteiger partial charge in [0.25, 0.3) is 0 Å². The number of nitrogens with one attached hydrogen (secondary N) is 2. The highest BCUT2D eigenvalue weighted by Crippen LogP contribution is 2.58. The molecule has 0 spiro atoms. The first-order valence-electron chi connectivity index (χ1n) is 26.5. The van der Waals surface area contributed by atoms with Crippen molar-refractivity contribution in [2.75, 3.05) is 70.5 Å². The Labute approximate surface area is 436 Å². The molecule has 394 valence electrons. The van der Waals surface area contributed by atoms with Crippen molar-refractivity contribution >= 4 is 46.2 Å². The smallest absolute Gasteiger partial charge is 0.329 e. The molecule has 4 amide bonds. The van der Waals surface area contributed by atoms with E-state index in [0.29, 0.717) is 48.8 Å². The van der Waals surface area contributed by atoms with Crippen molar-refractivity contribution in [2.24, 2.45) is 24.1 Å². The summed E-state index contributed by atoms with van der Waals surface area (Å²) in [5, 5.41) is 20.9. The summed E-state index contributed by atoms with van der Waals surface area (Å²) < 4.78 is 46.5. The number of rotatable bonds is 16. The third-order valence-electron chi connectivity index (χ3n) is 17.1. The van der Waals surface area contributed by atoms with E-state index in [4.69, 9.17) is 26.8 Å². The Hall–Kier alpha value is -5.65. The number of hydrogen-bond acceptors (Lipinski definition) is 10. The first-order chi connectivity index (χ1) is 35.6. The number of primary amides is 1. The van der Waals surface area contributed by atoms with Crippen LogP contribution < -0.4 is 30.7 Å². The average molecular weight is 1040 g/mol. The Morgan fingerprint density at radius 2 is 1.69 bits per heavy atom. The second kappa shape index (κ2) is 21.5. The lowest BCUT2D eigenvalue weighted by Gasteiger charge is -2.44. The number of carbonyl (C=O) groups is 3. The molecular weight excluding hydrogens is 966 g/mol. The molecule has 4 aliphatic heterocycles. The third-order valence-corrected chi connectivity index (χ3v) is 17.4. The number of fused-ring (bicyclic) bond motifs is 2. The van der Waals surface area contributed by atoms with Crippen LogP contribution in [-0.2, 0) is 17.4 Å². The maximum Gasteiger partial charge on any atom is 0.329 e. The molecule has 0 radical (unpaired) electrons. The van der Waals surface area contributed by atoms with Gasteiger partial charge >= 0.3 is 6.03 Å². The number of urea groups is 1. The second-order valence-electron chi connectivity index (χ2n) is 21.8. The van der Waals surface area contributed by atoms with Crippen LogP contribution in [0.15, 0.2) is 66.7 Å². The monoisotopic (exact) mass is 1030 g/mol. The molecule has 1 saturated carbocycles. The number of likely N-dealkylation sites (tertiary alicyclic amines) is 2. The zero-order chi connectivity index (χ0) is 51.9. The molecule has 2 atom stereocenters. The molecule has 3 saturated heterocycles. The fourth-order valence-electron chi connectivity index (χ4n) is 12.9. The standard InChI is InChI=1S/C57H69ClF2N8O6/c1-35-48-46(32-43(59)51(58)50(48)49-42(53(61)71)11-12-45(52(49)60)73-30-29-69)74-57(35,39-7-5-4-6-8-39)22-23-62-40-13-20-56(2,21-14-40)34-67-24-15-36(16-25-67)33-66-26-17-37(18-27-66)38-9-10-41-44(31-38)65(3)64-54(41)68-28-19-47(70)63-55(68)72/h4-12,31-32,35-37,40,62,69H,13-30,33-34H2,1-3H3,(H2,61,71)(H,63,70,72)/t35-,40?,56?,57-/m0/s1. The number of carbonyl (C=O) groups excluding carboxylic acids is 3. The van der Waals surface area contributed by atoms with Crippen LogP contribution in [0.1, 0.15) is 117 Å². The molecule has 5 aromatic rings. The first kappa shape index (κ1) is 51.8. The van der Waals surface area contributed by atoms with Gasteiger partial charge in [0.1, 0.15) is 23.8 Å². The summed E-state index contributed by atoms with van der Waals surface area (Å²) in [7, 11) is 1.91. The topological polar surface area (TPSA) is 168 Å². The van der Waals surface area contributed by atoms with E-state index in [1.165, 1.54) is 36.6 Å². The first-order valence-corrected chi connectivity index (χ1v) is 26.9. The highest BCUT2D eigenvalue weighted by atomic mass is 35.5. The van der Waals surface area contributed by atoms with Crippen molar-refractivity contribution < 1.29 is 37.7 Å². The number of ether oxygens (including phenoxy) is 2. The van der Waals surface area contributed by atoms with Crippen LogP contribution in [-0.4, -0.2) is 114 Å². The van der Waals surface area contributed by atoms with Gasteiger partial charge in [-0.15, -0.1) is 0 Å². The highest BCUT2D eigenvalue weighted by Gasteiger charge is 2.50. The summed E-state index contributed by atoms with van der Waals surface area (Å²) in [6.07, 6.45) is 9.86. The molecule has 5 heterocycles. The van der Waals surface area contributed by atoms with Gasteiger partial charge in [0.2, 0.25) is 11.8 Å². The number of nitrogens with two attached hydrogens (primary N) is 1. The van der Waals surface area contributed by atoms with Gasteiger partial charge in [0.05, 0.1) is 22.7 Å². The molecule has 14 nitrogen and oxygen atoms in total. The van der Waals surface area contributed by atoms with Crippen LogP contribution in [0.25, 0.3) is 22.0 Å². The number of piperidine rings is 2. The zero-order valence-corrected chi connectivity index (χ0v) is 43.5. The number of imide groups is 1. The summed E-state index contributed by atoms with van der Waals surface area (Å²) in [4.78, 5) is 44.0. The van der Waals surface area contributed by atoms with Crippen molar-refractivity contribution in [2.45, 2.75) is 102 Å². The molecule has 0 bridgehead atoms. The van der Waals surface area contributed by atoms with E-state index in [2.05, 4.69) is 50.7 Å². The largest absolute Gasteiger partial charge is 0.488 e. The van der Waals surface area contributed by atoms with E-state index >= 15 is 8.78 Å². The third kappa shape index (κ3) is 10.2. The molecule has 74 heavy (non-hydrogen) atoms. The summed E-state index contributed by atoms with van der Waals surface area (Å²) in [5.41, 5.74) is 8.26. The molecule has 17 heteroatoms. The molecule has 1 aliphatic carbocycles. The number of anilines is 1. The summed E-state index contributed by atoms with van der Waals surface area (Å²) in [6, 6.07) is 20.1. The number of halogens is 3. The minimum Gasteiger partial charge on any atom is -0.488 e. The SMILES string of the molecule is C[C@H]1c2c(cc(F)c(Cl)c2-c2c(C(N)=O)ccc(OCCO)c2F)O[C@]1(CCNC1CCC(C)(CN2CCC(CN3CCC(c4ccc5c(N6CCC(=O)NC6=O)nn(C)c5c4)CC3)CC2)CC1)c1ccccc1. The predicted molar refractivity (Wildman–Crippen MR) is 282 cm³/mol. The van der Waals surface area contributed by atoms with E-state index in [0.717, 1.165) is 94.3 Å². The van der Waals surface area contributed by atoms with Crippen LogP contribution in [0.4, 0.5) is 19.4 Å². The molecule has 5 aliphatic rings. The summed E-state index contributed by atoms with van der Waals surface area (Å²) in [5.74, 6) is -1.61. The minimum atomic E-state index is -0.980. The van der Waals surface area contributed by atoms with Gasteiger partial charge in [-0.25, -0.2) is 13.6 Å². The summed E-state index contributed by atoms with van der Waals surface area (Å²) in [6.45, 7) is 11.6. The van der Waals surface area contributed by atoms with Crippen molar-refractivity contribution in [3.8, 4) is 22.6 Å². The minimum absolute atomic E-state index is 0.00491. The van der Waals surface area contributed by atoms with E-state index in [-0.39, 0.29) is 64.2 Å². The van der Waals surface area contributed by atoms with Crippen molar-refractivity contribution in [1.82, 2.24) is 30.2 Å². The Balaban J connectivity index is 0.712. The molecule has 0 unspecified atom stereocenters. The molecule has 10 rings (SSSR count). The van der Waals surface area contributed by atoms with E-state index < -0.39 is 35.1 Å². The number of amides is 4. The lowest BCUT2D eigenvalue weighted by molar-refractivity contribution is -0.120. The van der Waals surface area contributed by atoms with E-state index in [9.17, 15) is 19.5 Å². The van der Waals surface area contributed by atoms with Crippen molar-refractivity contribution in [3.05, 3.63) is 106 Å². The quantitative estimate of drug-likeness (QED) is 0.0749. The maximum atomic E-state index is 16.5. The lowest BCUT2D eigenvalue weighted by atomic mass is 9.73. The summed E-state index contributed by atoms with van der Waals surface area (Å²) >= 11 is 6.75. The Morgan fingerprint density at radius 3 is 2.39 bits per heavy atom. The molecule has 5 N–H and O–H groups in total. The average Bonchev–Trinajstić information content (AvgIpc) is 3.87. The number of nitrogens with zero attached hydrogens (tertiary/aromatic N) is 5. The van der Waals surface area contributed by atoms with Crippen molar-refractivity contribution in [1.29, 1.82) is 0 Å². The number of hydrogen-bond donors (Lipinski definition) is 4. The van der Waals surface area contributed by atoms with E-state index in [1.807, 2.05) is 49.0 Å². The highest BCUT2D eigenvalue weighted by molar-refractivity contribution is 6.34. The van der Waals surface area contributed by atoms with Crippen LogP contribution in [0, 0.1) is 23.0 Å². The van der Waals surface area contributed by atoms with Gasteiger partial charge in [0, 0.05) is 79.6 Å². The fraction of sp³-hybridized carbons (Fsp3) is 0.509. The van der Waals surface area contributed by atoms with Gasteiger partial charge in [-0.3, -0.25) is 24.5 Å². The Bertz CT molecular complexity index is 2900. The molecule has 1 aromatic heterocycles. The Kier molecular flexibility index (Phi) is 15.1. The van der Waals surface area contributed by atoms with Gasteiger partial charge in [-0.1, -0.05) is 61.8 Å². The predicted octanol–water partition coefficient (Wildman–Crippen LogP) is 9.00. The maximum absolute atomic E-state index is 16.5. The van der Waals surface area contributed by atoms with Crippen molar-refractivity contribution in [3.63, 3.8) is 0 Å². The molecule has 4 aromatic carbocycles. The van der Waals surface area contributed by atoms with Crippen LogP contribution >= 0.6 is 11.6 Å². The number of aliphatic hydroxyl groups is 1. The second-order valence-corrected chi connectivity index (χ2v) is 22.2. The lowest BCUT2D eigenvalue weighted by Crippen LogP contribution is -2.49. The molecular formula is C57H69ClF2N8O6. The van der Waals surface area contributed by atoms with Gasteiger partial charge in [0.15, 0.2) is 17.4 Å².